The number of aromatic nitrogens is 1. The minimum absolute atomic E-state index is 0.0402. The fourth-order valence-electron chi connectivity index (χ4n) is 1.58. The van der Waals surface area contributed by atoms with Crippen molar-refractivity contribution in [2.45, 2.75) is 4.90 Å². The highest BCUT2D eigenvalue weighted by atomic mass is 79.9. The van der Waals surface area contributed by atoms with Crippen molar-refractivity contribution >= 4 is 65.0 Å². The van der Waals surface area contributed by atoms with Crippen LogP contribution in [0.5, 0.6) is 0 Å². The lowest BCUT2D eigenvalue weighted by molar-refractivity contribution is 0.601. The van der Waals surface area contributed by atoms with E-state index in [1.165, 1.54) is 18.3 Å². The zero-order valence-electron chi connectivity index (χ0n) is 10.7. The Morgan fingerprint density at radius 1 is 1.24 bits per heavy atom. The summed E-state index contributed by atoms with van der Waals surface area (Å²) in [5.74, 6) is 0.258. The molecule has 0 bridgehead atoms. The Kier molecular flexibility index (Phi) is 5.13. The van der Waals surface area contributed by atoms with Crippen LogP contribution in [0.25, 0.3) is 0 Å². The summed E-state index contributed by atoms with van der Waals surface area (Å²) >= 11 is 12.4. The van der Waals surface area contributed by atoms with Gasteiger partial charge in [-0.05, 0) is 56.1 Å². The van der Waals surface area contributed by atoms with E-state index in [-0.39, 0.29) is 10.7 Å². The Balaban J connectivity index is 2.42. The van der Waals surface area contributed by atoms with Crippen LogP contribution >= 0.6 is 43.5 Å². The number of pyridine rings is 1. The molecule has 0 amide bonds. The molecule has 5 nitrogen and oxygen atoms in total. The van der Waals surface area contributed by atoms with E-state index in [1.807, 2.05) is 0 Å². The molecule has 0 saturated carbocycles. The number of sulfonamides is 1. The first-order valence-electron chi connectivity index (χ1n) is 5.64. The highest BCUT2D eigenvalue weighted by Gasteiger charge is 2.20. The average molecular weight is 456 g/mol. The monoisotopic (exact) mass is 453 g/mol. The average Bonchev–Trinajstić information content (AvgIpc) is 2.42. The second kappa shape index (κ2) is 6.51. The van der Waals surface area contributed by atoms with Gasteiger partial charge in [-0.1, -0.05) is 11.6 Å². The molecule has 0 saturated heterocycles. The van der Waals surface area contributed by atoms with E-state index in [4.69, 9.17) is 11.6 Å². The SMILES string of the molecule is CNc1ncc(Br)cc1S(=O)(=O)Nc1ccc(Br)c(Cl)c1. The molecule has 2 rings (SSSR count). The van der Waals surface area contributed by atoms with E-state index in [9.17, 15) is 8.42 Å². The van der Waals surface area contributed by atoms with Gasteiger partial charge in [-0.25, -0.2) is 13.4 Å². The highest BCUT2D eigenvalue weighted by molar-refractivity contribution is 9.10. The lowest BCUT2D eigenvalue weighted by Gasteiger charge is -2.12. The minimum atomic E-state index is -3.79. The minimum Gasteiger partial charge on any atom is -0.372 e. The van der Waals surface area contributed by atoms with Gasteiger partial charge >= 0.3 is 0 Å². The number of nitrogens with zero attached hydrogens (tertiary/aromatic N) is 1. The van der Waals surface area contributed by atoms with Crippen LogP contribution in [0.2, 0.25) is 5.02 Å². The van der Waals surface area contributed by atoms with Gasteiger partial charge in [0.2, 0.25) is 0 Å². The van der Waals surface area contributed by atoms with E-state index in [1.54, 1.807) is 19.2 Å². The molecule has 1 aromatic carbocycles. The number of rotatable bonds is 4. The van der Waals surface area contributed by atoms with E-state index >= 15 is 0 Å². The number of nitrogens with one attached hydrogen (secondary N) is 2. The van der Waals surface area contributed by atoms with Gasteiger partial charge in [0.1, 0.15) is 10.7 Å². The van der Waals surface area contributed by atoms with Crippen LogP contribution < -0.4 is 10.0 Å². The Hall–Kier alpha value is -0.830. The first-order valence-corrected chi connectivity index (χ1v) is 9.09. The van der Waals surface area contributed by atoms with Crippen LogP contribution in [0.3, 0.4) is 0 Å². The zero-order chi connectivity index (χ0) is 15.6. The second-order valence-electron chi connectivity index (χ2n) is 3.98. The normalized spacial score (nSPS) is 11.2. The van der Waals surface area contributed by atoms with Crippen molar-refractivity contribution in [3.8, 4) is 0 Å². The molecule has 2 N–H and O–H groups in total. The number of halogens is 3. The van der Waals surface area contributed by atoms with Crippen LogP contribution in [0.1, 0.15) is 0 Å². The third-order valence-electron chi connectivity index (χ3n) is 2.52. The molecule has 9 heteroatoms. The van der Waals surface area contributed by atoms with E-state index in [0.717, 1.165) is 0 Å². The third kappa shape index (κ3) is 3.88. The Morgan fingerprint density at radius 3 is 2.57 bits per heavy atom. The first kappa shape index (κ1) is 16.5. The molecule has 0 radical (unpaired) electrons. The summed E-state index contributed by atoms with van der Waals surface area (Å²) in [6.07, 6.45) is 1.52. The summed E-state index contributed by atoms with van der Waals surface area (Å²) in [4.78, 5) is 4.07. The highest BCUT2D eigenvalue weighted by Crippen LogP contribution is 2.28. The molecule has 0 aliphatic carbocycles. The lowest BCUT2D eigenvalue weighted by Crippen LogP contribution is -2.15. The number of benzene rings is 1. The third-order valence-corrected chi connectivity index (χ3v) is 5.58. The van der Waals surface area contributed by atoms with Crippen LogP contribution in [-0.2, 0) is 10.0 Å². The quantitative estimate of drug-likeness (QED) is 0.728. The molecule has 0 aliphatic rings. The molecule has 0 unspecified atom stereocenters. The molecule has 1 aromatic heterocycles. The van der Waals surface area contributed by atoms with Crippen molar-refractivity contribution in [3.63, 3.8) is 0 Å². The first-order chi connectivity index (χ1) is 9.83. The van der Waals surface area contributed by atoms with Gasteiger partial charge in [-0.15, -0.1) is 0 Å². The summed E-state index contributed by atoms with van der Waals surface area (Å²) in [6.45, 7) is 0. The topological polar surface area (TPSA) is 71.1 Å². The summed E-state index contributed by atoms with van der Waals surface area (Å²) in [5, 5.41) is 3.16. The molecule has 2 aromatic rings. The lowest BCUT2D eigenvalue weighted by atomic mass is 10.3. The molecular weight excluding hydrogens is 445 g/mol. The van der Waals surface area contributed by atoms with Gasteiger partial charge in [0.25, 0.3) is 10.0 Å². The molecule has 112 valence electrons. The van der Waals surface area contributed by atoms with Crippen molar-refractivity contribution in [2.24, 2.45) is 0 Å². The van der Waals surface area contributed by atoms with Gasteiger partial charge in [0.15, 0.2) is 0 Å². The van der Waals surface area contributed by atoms with Crippen LogP contribution in [-0.4, -0.2) is 20.4 Å². The fraction of sp³-hybridized carbons (Fsp3) is 0.0833. The van der Waals surface area contributed by atoms with E-state index in [0.29, 0.717) is 19.7 Å². The maximum atomic E-state index is 12.5. The van der Waals surface area contributed by atoms with E-state index < -0.39 is 10.0 Å². The molecule has 0 aliphatic heterocycles. The maximum absolute atomic E-state index is 12.5. The Bertz CT molecular complexity index is 784. The van der Waals surface area contributed by atoms with Crippen LogP contribution in [0.4, 0.5) is 11.5 Å². The van der Waals surface area contributed by atoms with Gasteiger partial charge < -0.3 is 5.32 Å². The number of hydrogen-bond donors (Lipinski definition) is 2. The van der Waals surface area contributed by atoms with Gasteiger partial charge in [0.05, 0.1) is 10.7 Å². The standard InChI is InChI=1S/C12H10Br2ClN3O2S/c1-16-12-11(4-7(13)6-17-12)21(19,20)18-8-2-3-9(14)10(15)5-8/h2-6,18H,1H3,(H,16,17). The fourth-order valence-corrected chi connectivity index (χ4v) is 3.73. The van der Waals surface area contributed by atoms with Gasteiger partial charge in [-0.2, -0.15) is 0 Å². The predicted octanol–water partition coefficient (Wildman–Crippen LogP) is 4.10. The van der Waals surface area contributed by atoms with Crippen molar-refractivity contribution in [1.82, 2.24) is 4.98 Å². The Labute approximate surface area is 144 Å². The molecule has 1 heterocycles. The van der Waals surface area contributed by atoms with Crippen LogP contribution in [0, 0.1) is 0 Å². The molecule has 0 spiro atoms. The predicted molar refractivity (Wildman–Crippen MR) is 91.4 cm³/mol. The Morgan fingerprint density at radius 2 is 1.95 bits per heavy atom. The summed E-state index contributed by atoms with van der Waals surface area (Å²) in [7, 11) is -2.18. The maximum Gasteiger partial charge on any atom is 0.265 e. The van der Waals surface area contributed by atoms with Gasteiger partial charge in [0, 0.05) is 22.2 Å². The molecule has 0 atom stereocenters. The van der Waals surface area contributed by atoms with Crippen molar-refractivity contribution in [1.29, 1.82) is 0 Å². The smallest absolute Gasteiger partial charge is 0.265 e. The summed E-state index contributed by atoms with van der Waals surface area (Å²) in [5.41, 5.74) is 0.366. The summed E-state index contributed by atoms with van der Waals surface area (Å²) < 4.78 is 28.6. The second-order valence-corrected chi connectivity index (χ2v) is 7.81. The molecular formula is C12H10Br2ClN3O2S. The number of hydrogen-bond acceptors (Lipinski definition) is 4. The molecule has 21 heavy (non-hydrogen) atoms. The van der Waals surface area contributed by atoms with E-state index in [2.05, 4.69) is 46.9 Å². The van der Waals surface area contributed by atoms with Crippen molar-refractivity contribution in [2.75, 3.05) is 17.1 Å². The zero-order valence-corrected chi connectivity index (χ0v) is 15.4. The van der Waals surface area contributed by atoms with Crippen molar-refractivity contribution < 1.29 is 8.42 Å². The van der Waals surface area contributed by atoms with Gasteiger partial charge in [-0.3, -0.25) is 4.72 Å². The largest absolute Gasteiger partial charge is 0.372 e. The molecule has 0 fully saturated rings. The summed E-state index contributed by atoms with van der Waals surface area (Å²) in [6, 6.07) is 6.27. The van der Waals surface area contributed by atoms with Crippen LogP contribution in [0.15, 0.2) is 44.3 Å². The van der Waals surface area contributed by atoms with Crippen molar-refractivity contribution in [3.05, 3.63) is 44.4 Å². The number of anilines is 2.